The molecule has 33 heavy (non-hydrogen) atoms. The van der Waals surface area contributed by atoms with Crippen molar-refractivity contribution in [3.63, 3.8) is 0 Å². The van der Waals surface area contributed by atoms with E-state index in [0.29, 0.717) is 30.6 Å². The molecule has 1 amide bonds. The van der Waals surface area contributed by atoms with Crippen molar-refractivity contribution in [2.45, 2.75) is 25.3 Å². The molecule has 1 aliphatic heterocycles. The minimum absolute atomic E-state index is 0.103. The Morgan fingerprint density at radius 3 is 2.82 bits per heavy atom. The Kier molecular flexibility index (Phi) is 6.38. The summed E-state index contributed by atoms with van der Waals surface area (Å²) in [5, 5.41) is 2.55. The van der Waals surface area contributed by atoms with Crippen molar-refractivity contribution in [1.82, 2.24) is 19.9 Å². The lowest BCUT2D eigenvalue weighted by Crippen LogP contribution is -2.24. The van der Waals surface area contributed by atoms with E-state index in [0.717, 1.165) is 22.3 Å². The molecule has 2 unspecified atom stereocenters. The van der Waals surface area contributed by atoms with Crippen molar-refractivity contribution >= 4 is 28.5 Å². The van der Waals surface area contributed by atoms with Gasteiger partial charge in [0.25, 0.3) is 5.91 Å². The molecule has 0 bridgehead atoms. The molecular weight excluding hydrogens is 456 g/mol. The van der Waals surface area contributed by atoms with Crippen LogP contribution in [0.2, 0.25) is 0 Å². The predicted octanol–water partition coefficient (Wildman–Crippen LogP) is 2.59. The van der Waals surface area contributed by atoms with Crippen LogP contribution in [0.4, 0.5) is 20.2 Å². The van der Waals surface area contributed by atoms with Crippen LogP contribution >= 0.6 is 0 Å². The van der Waals surface area contributed by atoms with Crippen LogP contribution in [-0.2, 0) is 24.2 Å². The minimum atomic E-state index is -2.87. The maximum Gasteiger partial charge on any atom is 0.271 e. The van der Waals surface area contributed by atoms with Crippen LogP contribution in [0.15, 0.2) is 36.8 Å². The van der Waals surface area contributed by atoms with Gasteiger partial charge in [-0.15, -0.1) is 0 Å². The van der Waals surface area contributed by atoms with Crippen molar-refractivity contribution in [2.75, 3.05) is 18.5 Å². The Bertz CT molecular complexity index is 1240. The van der Waals surface area contributed by atoms with Crippen LogP contribution in [0.1, 0.15) is 34.1 Å². The summed E-state index contributed by atoms with van der Waals surface area (Å²) in [5.41, 5.74) is 1.36. The van der Waals surface area contributed by atoms with Crippen LogP contribution in [0, 0.1) is 11.6 Å². The number of pyridine rings is 1. The maximum absolute atomic E-state index is 14.8. The third-order valence-corrected chi connectivity index (χ3v) is 6.25. The van der Waals surface area contributed by atoms with Crippen molar-refractivity contribution in [1.29, 1.82) is 0 Å². The van der Waals surface area contributed by atoms with Crippen LogP contribution in [0.3, 0.4) is 0 Å². The van der Waals surface area contributed by atoms with Gasteiger partial charge in [0.05, 0.1) is 42.3 Å². The summed E-state index contributed by atoms with van der Waals surface area (Å²) < 4.78 is 60.5. The second-order valence-electron chi connectivity index (χ2n) is 7.41. The number of nitrogens with zero attached hydrogens (tertiary/aromatic N) is 4. The summed E-state index contributed by atoms with van der Waals surface area (Å²) in [4.78, 5) is 19.9. The molecule has 0 fully saturated rings. The Labute approximate surface area is 190 Å². The Morgan fingerprint density at radius 1 is 1.33 bits per heavy atom. The fourth-order valence-corrected chi connectivity index (χ4v) is 4.60. The predicted molar refractivity (Wildman–Crippen MR) is 115 cm³/mol. The number of hydrogen-bond donors (Lipinski definition) is 1. The van der Waals surface area contributed by atoms with Gasteiger partial charge in [-0.2, -0.15) is 0 Å². The van der Waals surface area contributed by atoms with Gasteiger partial charge in [-0.3, -0.25) is 13.3 Å². The van der Waals surface area contributed by atoms with Crippen molar-refractivity contribution < 1.29 is 27.1 Å². The number of imidazole rings is 1. The topological polar surface area (TPSA) is 112 Å². The number of halogens is 2. The molecule has 0 saturated carbocycles. The van der Waals surface area contributed by atoms with E-state index >= 15 is 0 Å². The molecule has 0 radical (unpaired) electrons. The number of methoxy groups -OCH3 is 1. The van der Waals surface area contributed by atoms with Gasteiger partial charge in [-0.05, 0) is 36.6 Å². The monoisotopic (exact) mass is 476 g/mol. The number of fused-ring (bicyclic) bond motifs is 1. The highest BCUT2D eigenvalue weighted by molar-refractivity contribution is 7.81. The first-order chi connectivity index (χ1) is 15.8. The third kappa shape index (κ3) is 4.31. The second-order valence-corrected chi connectivity index (χ2v) is 8.21. The summed E-state index contributed by atoms with van der Waals surface area (Å²) in [6, 6.07) is 4.85. The molecule has 174 valence electrons. The number of hydrogen-bond acceptors (Lipinski definition) is 6. The van der Waals surface area contributed by atoms with E-state index < -0.39 is 22.9 Å². The number of ether oxygens (including phenoxy) is 1. The van der Waals surface area contributed by atoms with Gasteiger partial charge in [0.15, 0.2) is 0 Å². The molecule has 2 aromatic heterocycles. The molecule has 9 nitrogen and oxygen atoms in total. The fourth-order valence-electron chi connectivity index (χ4n) is 4.02. The highest BCUT2D eigenvalue weighted by atomic mass is 32.2. The lowest BCUT2D eigenvalue weighted by Gasteiger charge is -2.29. The molecule has 0 aliphatic carbocycles. The minimum Gasteiger partial charge on any atom is -0.755 e. The molecule has 4 rings (SSSR count). The summed E-state index contributed by atoms with van der Waals surface area (Å²) >= 11 is -2.87. The van der Waals surface area contributed by atoms with Gasteiger partial charge in [0.2, 0.25) is 5.88 Å². The first-order valence-electron chi connectivity index (χ1n) is 9.98. The molecular formula is C21H20F2N5O4S-. The van der Waals surface area contributed by atoms with Gasteiger partial charge < -0.3 is 19.2 Å². The Balaban J connectivity index is 1.71. The van der Waals surface area contributed by atoms with E-state index in [1.165, 1.54) is 38.7 Å². The number of rotatable bonds is 6. The molecule has 12 heteroatoms. The van der Waals surface area contributed by atoms with Gasteiger partial charge in [0.1, 0.15) is 23.0 Å². The van der Waals surface area contributed by atoms with E-state index in [2.05, 4.69) is 15.3 Å². The second kappa shape index (κ2) is 9.24. The van der Waals surface area contributed by atoms with Crippen LogP contribution in [0.5, 0.6) is 5.88 Å². The summed E-state index contributed by atoms with van der Waals surface area (Å²) in [6.07, 6.45) is 3.47. The molecule has 2 atom stereocenters. The number of carbonyl (C=O) groups is 1. The van der Waals surface area contributed by atoms with Gasteiger partial charge in [0, 0.05) is 25.6 Å². The molecule has 1 N–H and O–H groups in total. The third-order valence-electron chi connectivity index (χ3n) is 5.55. The normalized spacial score (nSPS) is 16.1. The summed E-state index contributed by atoms with van der Waals surface area (Å²) in [7, 11) is 2.80. The first kappa shape index (κ1) is 22.8. The van der Waals surface area contributed by atoms with Gasteiger partial charge in [-0.25, -0.2) is 18.7 Å². The molecule has 1 aromatic carbocycles. The number of benzene rings is 1. The van der Waals surface area contributed by atoms with Crippen LogP contribution in [-0.4, -0.2) is 43.4 Å². The zero-order valence-electron chi connectivity index (χ0n) is 17.7. The molecule has 0 saturated heterocycles. The van der Waals surface area contributed by atoms with E-state index in [1.54, 1.807) is 4.57 Å². The van der Waals surface area contributed by atoms with E-state index in [1.807, 2.05) is 0 Å². The highest BCUT2D eigenvalue weighted by Gasteiger charge is 2.28. The zero-order chi connectivity index (χ0) is 23.7. The number of anilines is 2. The smallest absolute Gasteiger partial charge is 0.271 e. The lowest BCUT2D eigenvalue weighted by molar-refractivity contribution is 0.0957. The number of carbonyl (C=O) groups excluding carboxylic acids is 1. The van der Waals surface area contributed by atoms with E-state index in [9.17, 15) is 22.3 Å². The van der Waals surface area contributed by atoms with E-state index in [4.69, 9.17) is 4.74 Å². The van der Waals surface area contributed by atoms with E-state index in [-0.39, 0.29) is 29.1 Å². The first-order valence-corrected chi connectivity index (χ1v) is 11.0. The molecule has 3 aromatic rings. The van der Waals surface area contributed by atoms with Gasteiger partial charge >= 0.3 is 0 Å². The van der Waals surface area contributed by atoms with Crippen LogP contribution < -0.4 is 14.4 Å². The highest BCUT2D eigenvalue weighted by Crippen LogP contribution is 2.38. The number of nitrogens with one attached hydrogen (secondary N) is 1. The van der Waals surface area contributed by atoms with Crippen molar-refractivity contribution in [3.8, 4) is 5.88 Å². The molecule has 0 spiro atoms. The average molecular weight is 476 g/mol. The average Bonchev–Trinajstić information content (AvgIpc) is 3.23. The maximum atomic E-state index is 14.8. The Morgan fingerprint density at radius 2 is 2.12 bits per heavy atom. The van der Waals surface area contributed by atoms with Crippen molar-refractivity contribution in [3.05, 3.63) is 65.4 Å². The van der Waals surface area contributed by atoms with Crippen molar-refractivity contribution in [2.24, 2.45) is 0 Å². The number of amides is 1. The lowest BCUT2D eigenvalue weighted by atomic mass is 9.89. The standard InChI is InChI=1S/C21H21F2N5O4S/c1-24-20(29)19-17-6-3-12(10-27(17)11-26-19)15-8-14(4-5-16(15)23)28(33(30)31)18-7-13(22)9-25-21(18)32-2/h4-5,7-9,11-12H,3,6,10H2,1-2H3,(H,24,29)(H,30,31)/p-1. The Hall–Kier alpha value is -3.38. The molecule has 1 aliphatic rings. The molecule has 3 heterocycles. The largest absolute Gasteiger partial charge is 0.755 e. The van der Waals surface area contributed by atoms with Crippen LogP contribution in [0.25, 0.3) is 0 Å². The van der Waals surface area contributed by atoms with Gasteiger partial charge in [-0.1, -0.05) is 0 Å². The number of aromatic nitrogens is 3. The fraction of sp³-hybridized carbons (Fsp3) is 0.286. The summed E-state index contributed by atoms with van der Waals surface area (Å²) in [6.45, 7) is 0.366. The summed E-state index contributed by atoms with van der Waals surface area (Å²) in [5.74, 6) is -1.94. The SMILES string of the molecule is CNC(=O)c1ncn2c1CCC(c1cc(N(c3cc(F)cnc3OC)S(=O)[O-])ccc1F)C2. The quantitative estimate of drug-likeness (QED) is 0.548. The zero-order valence-corrected chi connectivity index (χ0v) is 18.6.